The van der Waals surface area contributed by atoms with Crippen molar-refractivity contribution in [1.82, 2.24) is 22.1 Å². The third kappa shape index (κ3) is 16.7. The van der Waals surface area contributed by atoms with E-state index in [1.807, 2.05) is 5.43 Å². The zero-order chi connectivity index (χ0) is 23.3. The van der Waals surface area contributed by atoms with Crippen molar-refractivity contribution < 1.29 is 70.0 Å². The van der Waals surface area contributed by atoms with Crippen LogP contribution >= 0.6 is 23.5 Å². The van der Waals surface area contributed by atoms with Gasteiger partial charge in [-0.25, -0.2) is 24.5 Å². The Morgan fingerprint density at radius 3 is 1.50 bits per heavy atom. The Labute approximate surface area is 168 Å². The molecule has 0 aromatic rings. The highest BCUT2D eigenvalue weighted by Crippen LogP contribution is 2.45. The van der Waals surface area contributed by atoms with Crippen LogP contribution in [0.3, 0.4) is 0 Å². The summed E-state index contributed by atoms with van der Waals surface area (Å²) in [7, 11) is -14.4. The Hall–Kier alpha value is -0.0100. The van der Waals surface area contributed by atoms with Crippen LogP contribution in [0.1, 0.15) is 0 Å². The standard InChI is InChI=1S/C8H23F2N4O13P3/c9-13-11-7(3-15)4-26-29(19,20)23-1-2-24-30(21,22)27-6-8(12-14-10)5-25-28(16,17)18/h7-8,11-15H,1-6H2,(H,19,20)(H,21,22)(H2,16,17,18). The highest BCUT2D eigenvalue weighted by molar-refractivity contribution is 7.47. The summed E-state index contributed by atoms with van der Waals surface area (Å²) < 4.78 is 79.5. The SMILES string of the molecule is O=P(O)(O)OCC(COP(=O)(O)OCCOP(=O)(O)OCC(CO)NNF)NNF. The second kappa shape index (κ2) is 14.9. The summed E-state index contributed by atoms with van der Waals surface area (Å²) in [5.41, 5.74) is 5.58. The Balaban J connectivity index is 4.29. The van der Waals surface area contributed by atoms with E-state index in [-0.39, 0.29) is 0 Å². The second-order valence-electron chi connectivity index (χ2n) is 5.04. The zero-order valence-corrected chi connectivity index (χ0v) is 17.7. The normalized spacial score (nSPS) is 18.5. The number of hydrogen-bond acceptors (Lipinski definition) is 13. The van der Waals surface area contributed by atoms with Gasteiger partial charge in [-0.15, -0.1) is 8.96 Å². The van der Waals surface area contributed by atoms with Gasteiger partial charge in [-0.3, -0.25) is 22.6 Å². The topological polar surface area (TPSA) is 247 Å². The molecule has 182 valence electrons. The number of nitrogens with one attached hydrogen (secondary N) is 4. The van der Waals surface area contributed by atoms with Crippen molar-refractivity contribution in [2.75, 3.05) is 39.6 Å². The number of hydrazine groups is 2. The van der Waals surface area contributed by atoms with Gasteiger partial charge in [-0.1, -0.05) is 11.3 Å². The minimum atomic E-state index is -4.89. The average Bonchev–Trinajstić information content (AvgIpc) is 2.64. The van der Waals surface area contributed by atoms with Crippen LogP contribution in [0.5, 0.6) is 0 Å². The van der Waals surface area contributed by atoms with Gasteiger partial charge in [-0.05, 0) is 0 Å². The molecule has 0 aromatic carbocycles. The molecule has 0 amide bonds. The number of rotatable bonds is 19. The van der Waals surface area contributed by atoms with Gasteiger partial charge in [0.1, 0.15) is 0 Å². The van der Waals surface area contributed by atoms with Gasteiger partial charge in [0.15, 0.2) is 0 Å². The third-order valence-corrected chi connectivity index (χ3v) is 5.11. The van der Waals surface area contributed by atoms with Crippen LogP contribution in [-0.4, -0.2) is 76.4 Å². The molecule has 17 nitrogen and oxygen atoms in total. The van der Waals surface area contributed by atoms with Gasteiger partial charge in [0.2, 0.25) is 0 Å². The fourth-order valence-electron chi connectivity index (χ4n) is 1.36. The van der Waals surface area contributed by atoms with Crippen molar-refractivity contribution in [1.29, 1.82) is 0 Å². The van der Waals surface area contributed by atoms with Gasteiger partial charge in [-0.2, -0.15) is 0 Å². The molecule has 0 aliphatic rings. The number of hydrogen-bond donors (Lipinski definition) is 9. The summed E-state index contributed by atoms with van der Waals surface area (Å²) in [4.78, 5) is 35.9. The number of halogens is 2. The lowest BCUT2D eigenvalue weighted by molar-refractivity contribution is 0.0749. The average molecular weight is 514 g/mol. The van der Waals surface area contributed by atoms with Crippen molar-refractivity contribution in [3.05, 3.63) is 0 Å². The molecular weight excluding hydrogens is 491 g/mol. The molecule has 0 heterocycles. The van der Waals surface area contributed by atoms with Crippen molar-refractivity contribution in [2.24, 2.45) is 0 Å². The van der Waals surface area contributed by atoms with Crippen molar-refractivity contribution >= 4 is 23.5 Å². The van der Waals surface area contributed by atoms with Crippen LogP contribution < -0.4 is 22.1 Å². The monoisotopic (exact) mass is 514 g/mol. The lowest BCUT2D eigenvalue weighted by atomic mass is 10.4. The number of phosphoric acid groups is 3. The maximum atomic E-state index is 12.1. The first kappa shape index (κ1) is 30.0. The van der Waals surface area contributed by atoms with E-state index in [1.54, 1.807) is 5.43 Å². The van der Waals surface area contributed by atoms with E-state index in [0.29, 0.717) is 0 Å². The van der Waals surface area contributed by atoms with Crippen LogP contribution in [0.4, 0.5) is 8.96 Å². The molecule has 0 rings (SSSR count). The molecule has 0 saturated heterocycles. The van der Waals surface area contributed by atoms with Gasteiger partial charge in [0.05, 0.1) is 51.7 Å². The summed E-state index contributed by atoms with van der Waals surface area (Å²) in [6, 6.07) is -2.42. The van der Waals surface area contributed by atoms with Gasteiger partial charge < -0.3 is 24.7 Å². The molecule has 0 fully saturated rings. The molecule has 4 atom stereocenters. The smallest absolute Gasteiger partial charge is 0.395 e. The minimum absolute atomic E-state index is 0.642. The summed E-state index contributed by atoms with van der Waals surface area (Å²) >= 11 is 0. The van der Waals surface area contributed by atoms with Crippen molar-refractivity contribution in [3.63, 3.8) is 0 Å². The summed E-state index contributed by atoms with van der Waals surface area (Å²) in [5.74, 6) is 0. The fourth-order valence-corrected chi connectivity index (χ4v) is 3.23. The maximum absolute atomic E-state index is 12.1. The Morgan fingerprint density at radius 1 is 0.700 bits per heavy atom. The molecule has 0 bridgehead atoms. The fraction of sp³-hybridized carbons (Fsp3) is 1.00. The quantitative estimate of drug-likeness (QED) is 0.0393. The number of phosphoric ester groups is 3. The Kier molecular flexibility index (Phi) is 14.9. The lowest BCUT2D eigenvalue weighted by Gasteiger charge is -2.19. The van der Waals surface area contributed by atoms with Gasteiger partial charge in [0, 0.05) is 0 Å². The Morgan fingerprint density at radius 2 is 1.10 bits per heavy atom. The van der Waals surface area contributed by atoms with E-state index in [1.165, 1.54) is 0 Å². The first-order valence-corrected chi connectivity index (χ1v) is 12.1. The van der Waals surface area contributed by atoms with Gasteiger partial charge >= 0.3 is 23.5 Å². The predicted molar refractivity (Wildman–Crippen MR) is 90.9 cm³/mol. The lowest BCUT2D eigenvalue weighted by Crippen LogP contribution is -2.42. The van der Waals surface area contributed by atoms with Crippen LogP contribution in [0.2, 0.25) is 0 Å². The zero-order valence-electron chi connectivity index (χ0n) is 15.0. The summed E-state index contributed by atoms with van der Waals surface area (Å²) in [5, 5.41) is 8.82. The minimum Gasteiger partial charge on any atom is -0.395 e. The van der Waals surface area contributed by atoms with Crippen LogP contribution in [0.25, 0.3) is 0 Å². The van der Waals surface area contributed by atoms with Crippen LogP contribution in [0, 0.1) is 0 Å². The molecule has 30 heavy (non-hydrogen) atoms. The molecule has 0 aromatic heterocycles. The van der Waals surface area contributed by atoms with Crippen molar-refractivity contribution in [3.8, 4) is 0 Å². The van der Waals surface area contributed by atoms with E-state index >= 15 is 0 Å². The second-order valence-corrected chi connectivity index (χ2v) is 9.18. The van der Waals surface area contributed by atoms with E-state index in [4.69, 9.17) is 14.9 Å². The number of aliphatic hydroxyl groups is 1. The first-order valence-electron chi connectivity index (χ1n) is 7.61. The largest absolute Gasteiger partial charge is 0.472 e. The Bertz CT molecular complexity index is 615. The highest BCUT2D eigenvalue weighted by atomic mass is 31.2. The van der Waals surface area contributed by atoms with Crippen LogP contribution in [-0.2, 0) is 36.3 Å². The van der Waals surface area contributed by atoms with Crippen LogP contribution in [0.15, 0.2) is 0 Å². The molecule has 0 saturated carbocycles. The number of aliphatic hydroxyl groups excluding tert-OH is 1. The molecular formula is C8H23F2N4O13P3. The van der Waals surface area contributed by atoms with E-state index < -0.39 is 75.2 Å². The molecule has 4 unspecified atom stereocenters. The summed E-state index contributed by atoms with van der Waals surface area (Å²) in [6.07, 6.45) is 0. The third-order valence-electron chi connectivity index (χ3n) is 2.65. The molecule has 0 spiro atoms. The molecule has 0 aliphatic carbocycles. The molecule has 9 N–H and O–H groups in total. The molecule has 22 heteroatoms. The molecule has 0 aliphatic heterocycles. The van der Waals surface area contributed by atoms with Crippen molar-refractivity contribution in [2.45, 2.75) is 12.1 Å². The molecule has 0 radical (unpaired) electrons. The predicted octanol–water partition coefficient (Wildman–Crippen LogP) is -1.95. The van der Waals surface area contributed by atoms with E-state index in [0.717, 1.165) is 11.3 Å². The summed E-state index contributed by atoms with van der Waals surface area (Å²) in [6.45, 7) is -4.43. The van der Waals surface area contributed by atoms with E-state index in [2.05, 4.69) is 22.6 Å². The highest BCUT2D eigenvalue weighted by Gasteiger charge is 2.27. The maximum Gasteiger partial charge on any atom is 0.472 e. The first-order chi connectivity index (χ1) is 13.8. The van der Waals surface area contributed by atoms with E-state index in [9.17, 15) is 32.4 Å². The van der Waals surface area contributed by atoms with Gasteiger partial charge in [0.25, 0.3) is 0 Å².